The Balaban J connectivity index is 2.27. The lowest BCUT2D eigenvalue weighted by Crippen LogP contribution is -2.03. The first-order chi connectivity index (χ1) is 10.7. The number of methoxy groups -OCH3 is 1. The molecule has 6 nitrogen and oxygen atoms in total. The molecular weight excluding hydrogens is 304 g/mol. The number of aldehydes is 1. The second-order valence-electron chi connectivity index (χ2n) is 4.41. The molecule has 7 heteroatoms. The molecule has 0 spiro atoms. The van der Waals surface area contributed by atoms with E-state index in [1.54, 1.807) is 49.8 Å². The average molecular weight is 315 g/mol. The van der Waals surface area contributed by atoms with E-state index in [1.165, 1.54) is 4.68 Å². The quantitative estimate of drug-likeness (QED) is 0.693. The van der Waals surface area contributed by atoms with Crippen molar-refractivity contribution < 1.29 is 9.53 Å². The predicted octanol–water partition coefficient (Wildman–Crippen LogP) is 2.80. The van der Waals surface area contributed by atoms with Gasteiger partial charge in [0.2, 0.25) is 0 Å². The van der Waals surface area contributed by atoms with E-state index in [2.05, 4.69) is 15.3 Å². The van der Waals surface area contributed by atoms with Crippen LogP contribution in [-0.2, 0) is 0 Å². The lowest BCUT2D eigenvalue weighted by Gasteiger charge is -2.11. The zero-order chi connectivity index (χ0) is 15.5. The number of benzene rings is 1. The summed E-state index contributed by atoms with van der Waals surface area (Å²) in [6.45, 7) is 0. The molecular formula is C15H11ClN4O2. The van der Waals surface area contributed by atoms with Crippen molar-refractivity contribution in [1.82, 2.24) is 20.0 Å². The molecule has 0 aliphatic carbocycles. The number of halogens is 1. The van der Waals surface area contributed by atoms with E-state index in [1.807, 2.05) is 0 Å². The first kappa shape index (κ1) is 14.2. The van der Waals surface area contributed by atoms with Gasteiger partial charge in [0.1, 0.15) is 17.1 Å². The largest absolute Gasteiger partial charge is 0.494 e. The van der Waals surface area contributed by atoms with Gasteiger partial charge >= 0.3 is 0 Å². The molecule has 3 rings (SSSR count). The van der Waals surface area contributed by atoms with E-state index in [9.17, 15) is 4.79 Å². The minimum atomic E-state index is 0.230. The maximum Gasteiger partial charge on any atom is 0.172 e. The number of pyridine rings is 1. The van der Waals surface area contributed by atoms with Crippen molar-refractivity contribution in [2.24, 2.45) is 0 Å². The van der Waals surface area contributed by atoms with Gasteiger partial charge in [-0.2, -0.15) is 0 Å². The number of aromatic nitrogens is 4. The summed E-state index contributed by atoms with van der Waals surface area (Å²) in [7, 11) is 1.55. The highest BCUT2D eigenvalue weighted by Crippen LogP contribution is 2.30. The van der Waals surface area contributed by atoms with Crippen LogP contribution in [-0.4, -0.2) is 33.4 Å². The van der Waals surface area contributed by atoms with Gasteiger partial charge in [-0.25, -0.2) is 4.68 Å². The molecule has 2 aromatic heterocycles. The van der Waals surface area contributed by atoms with Crippen molar-refractivity contribution in [3.05, 3.63) is 53.4 Å². The maximum absolute atomic E-state index is 11.3. The summed E-state index contributed by atoms with van der Waals surface area (Å²) >= 11 is 6.07. The molecule has 2 heterocycles. The molecule has 110 valence electrons. The van der Waals surface area contributed by atoms with E-state index in [0.717, 1.165) is 5.56 Å². The van der Waals surface area contributed by atoms with Gasteiger partial charge < -0.3 is 4.74 Å². The van der Waals surface area contributed by atoms with E-state index >= 15 is 0 Å². The summed E-state index contributed by atoms with van der Waals surface area (Å²) in [5.74, 6) is 0.571. The molecule has 0 amide bonds. The van der Waals surface area contributed by atoms with Gasteiger partial charge in [-0.3, -0.25) is 9.78 Å². The molecule has 22 heavy (non-hydrogen) atoms. The monoisotopic (exact) mass is 314 g/mol. The molecule has 3 aromatic rings. The highest BCUT2D eigenvalue weighted by atomic mass is 35.5. The number of carbonyl (C=O) groups excluding carboxylic acids is 1. The summed E-state index contributed by atoms with van der Waals surface area (Å²) in [5, 5.41) is 8.51. The van der Waals surface area contributed by atoms with Crippen molar-refractivity contribution >= 4 is 17.9 Å². The molecule has 0 bridgehead atoms. The van der Waals surface area contributed by atoms with Crippen molar-refractivity contribution in [3.63, 3.8) is 0 Å². The molecule has 0 aliphatic rings. The van der Waals surface area contributed by atoms with Gasteiger partial charge in [-0.15, -0.1) is 5.10 Å². The lowest BCUT2D eigenvalue weighted by molar-refractivity contribution is 0.111. The highest BCUT2D eigenvalue weighted by Gasteiger charge is 2.18. The molecule has 0 radical (unpaired) electrons. The maximum atomic E-state index is 11.3. The molecule has 1 aromatic carbocycles. The Labute approximate surface area is 131 Å². The molecule has 0 unspecified atom stereocenters. The van der Waals surface area contributed by atoms with Gasteiger partial charge in [-0.1, -0.05) is 16.8 Å². The molecule has 0 N–H and O–H groups in total. The Morgan fingerprint density at radius 3 is 2.68 bits per heavy atom. The van der Waals surface area contributed by atoms with Crippen molar-refractivity contribution in [2.75, 3.05) is 7.11 Å². The molecule has 0 saturated heterocycles. The smallest absolute Gasteiger partial charge is 0.172 e. The molecule has 0 aliphatic heterocycles. The Kier molecular flexibility index (Phi) is 3.84. The fourth-order valence-electron chi connectivity index (χ4n) is 2.15. The summed E-state index contributed by atoms with van der Waals surface area (Å²) in [6, 6.07) is 8.70. The topological polar surface area (TPSA) is 69.9 Å². The van der Waals surface area contributed by atoms with Crippen LogP contribution in [0.25, 0.3) is 16.9 Å². The number of hydrogen-bond donors (Lipinski definition) is 0. The van der Waals surface area contributed by atoms with Crippen LogP contribution < -0.4 is 4.74 Å². The normalized spacial score (nSPS) is 10.5. The van der Waals surface area contributed by atoms with Crippen LogP contribution >= 0.6 is 11.6 Å². The average Bonchev–Trinajstić information content (AvgIpc) is 2.99. The second kappa shape index (κ2) is 5.95. The Hall–Kier alpha value is -2.73. The Morgan fingerprint density at radius 2 is 2.00 bits per heavy atom. The SMILES string of the molecule is COc1ccc(Cl)cc1-n1nnc(C=O)c1-c1ccncc1. The number of carbonyl (C=O) groups is 1. The standard InChI is InChI=1S/C15H11ClN4O2/c1-22-14-3-2-11(16)8-13(14)20-15(12(9-21)18-19-20)10-4-6-17-7-5-10/h2-9H,1H3. The van der Waals surface area contributed by atoms with Gasteiger partial charge in [0.15, 0.2) is 12.0 Å². The lowest BCUT2D eigenvalue weighted by atomic mass is 10.1. The second-order valence-corrected chi connectivity index (χ2v) is 4.84. The van der Waals surface area contributed by atoms with E-state index in [4.69, 9.17) is 16.3 Å². The number of nitrogens with zero attached hydrogens (tertiary/aromatic N) is 4. The number of rotatable bonds is 4. The van der Waals surface area contributed by atoms with Crippen LogP contribution in [0.15, 0.2) is 42.7 Å². The number of hydrogen-bond acceptors (Lipinski definition) is 5. The van der Waals surface area contributed by atoms with Crippen molar-refractivity contribution in [3.8, 4) is 22.7 Å². The van der Waals surface area contributed by atoms with Crippen LogP contribution in [0.2, 0.25) is 5.02 Å². The van der Waals surface area contributed by atoms with Crippen LogP contribution in [0.1, 0.15) is 10.5 Å². The molecule has 0 saturated carbocycles. The summed E-state index contributed by atoms with van der Waals surface area (Å²) < 4.78 is 6.87. The van der Waals surface area contributed by atoms with Gasteiger partial charge in [0.05, 0.1) is 7.11 Å². The van der Waals surface area contributed by atoms with Crippen LogP contribution in [0.4, 0.5) is 0 Å². The first-order valence-electron chi connectivity index (χ1n) is 6.40. The van der Waals surface area contributed by atoms with Crippen LogP contribution in [0, 0.1) is 0 Å². The van der Waals surface area contributed by atoms with E-state index < -0.39 is 0 Å². The number of ether oxygens (including phenoxy) is 1. The van der Waals surface area contributed by atoms with E-state index in [-0.39, 0.29) is 5.69 Å². The summed E-state index contributed by atoms with van der Waals surface area (Å²) in [4.78, 5) is 15.3. The Morgan fingerprint density at radius 1 is 1.23 bits per heavy atom. The molecule has 0 atom stereocenters. The zero-order valence-corrected chi connectivity index (χ0v) is 12.4. The van der Waals surface area contributed by atoms with Gasteiger partial charge in [0.25, 0.3) is 0 Å². The summed E-state index contributed by atoms with van der Waals surface area (Å²) in [5.41, 5.74) is 2.15. The van der Waals surface area contributed by atoms with Crippen LogP contribution in [0.3, 0.4) is 0 Å². The zero-order valence-electron chi connectivity index (χ0n) is 11.6. The van der Waals surface area contributed by atoms with E-state index in [0.29, 0.717) is 28.4 Å². The van der Waals surface area contributed by atoms with Gasteiger partial charge in [-0.05, 0) is 30.3 Å². The third kappa shape index (κ3) is 2.44. The van der Waals surface area contributed by atoms with Gasteiger partial charge in [0, 0.05) is 23.0 Å². The minimum absolute atomic E-state index is 0.230. The van der Waals surface area contributed by atoms with Crippen molar-refractivity contribution in [1.29, 1.82) is 0 Å². The fourth-order valence-corrected chi connectivity index (χ4v) is 2.32. The highest BCUT2D eigenvalue weighted by molar-refractivity contribution is 6.30. The Bertz CT molecular complexity index is 818. The first-order valence-corrected chi connectivity index (χ1v) is 6.77. The van der Waals surface area contributed by atoms with Crippen LogP contribution in [0.5, 0.6) is 5.75 Å². The summed E-state index contributed by atoms with van der Waals surface area (Å²) in [6.07, 6.45) is 3.93. The third-order valence-electron chi connectivity index (χ3n) is 3.13. The van der Waals surface area contributed by atoms with Crippen molar-refractivity contribution in [2.45, 2.75) is 0 Å². The predicted molar refractivity (Wildman–Crippen MR) is 81.5 cm³/mol. The molecule has 0 fully saturated rings. The fraction of sp³-hybridized carbons (Fsp3) is 0.0667. The minimum Gasteiger partial charge on any atom is -0.494 e. The third-order valence-corrected chi connectivity index (χ3v) is 3.37.